The number of sulfonamides is 1. The molecule has 108 valence electrons. The minimum atomic E-state index is -3.54. The largest absolute Gasteiger partial charge is 0.361 e. The maximum Gasteiger partial charge on any atom is 0.241 e. The fourth-order valence-electron chi connectivity index (χ4n) is 2.00. The van der Waals surface area contributed by atoms with Crippen molar-refractivity contribution in [1.82, 2.24) is 9.88 Å². The summed E-state index contributed by atoms with van der Waals surface area (Å²) in [7, 11) is -3.54. The molecule has 2 rings (SSSR count). The summed E-state index contributed by atoms with van der Waals surface area (Å²) in [5.41, 5.74) is 3.11. The van der Waals surface area contributed by atoms with Gasteiger partial charge in [-0.3, -0.25) is 0 Å². The number of rotatable bonds is 4. The third-order valence-corrected chi connectivity index (χ3v) is 4.80. The Balaban J connectivity index is 2.26. The molecule has 0 radical (unpaired) electrons. The summed E-state index contributed by atoms with van der Waals surface area (Å²) >= 11 is 0. The third-order valence-electron chi connectivity index (χ3n) is 3.25. The highest BCUT2D eigenvalue weighted by molar-refractivity contribution is 7.89. The second-order valence-corrected chi connectivity index (χ2v) is 6.63. The first-order chi connectivity index (χ1) is 9.31. The second-order valence-electron chi connectivity index (χ2n) is 4.90. The predicted octanol–water partition coefficient (Wildman–Crippen LogP) is 2.39. The van der Waals surface area contributed by atoms with Crippen LogP contribution in [-0.4, -0.2) is 13.6 Å². The number of aryl methyl sites for hydroxylation is 4. The molecule has 0 bridgehead atoms. The summed E-state index contributed by atoms with van der Waals surface area (Å²) in [6, 6.07) is 5.37. The molecule has 0 aliphatic carbocycles. The Morgan fingerprint density at radius 2 is 1.90 bits per heavy atom. The highest BCUT2D eigenvalue weighted by Gasteiger charge is 2.18. The van der Waals surface area contributed by atoms with Crippen molar-refractivity contribution in [3.05, 3.63) is 46.3 Å². The van der Waals surface area contributed by atoms with Crippen molar-refractivity contribution >= 4 is 10.0 Å². The van der Waals surface area contributed by atoms with Crippen molar-refractivity contribution in [2.75, 3.05) is 0 Å². The number of nitrogens with zero attached hydrogens (tertiary/aromatic N) is 1. The van der Waals surface area contributed by atoms with Gasteiger partial charge in [-0.2, -0.15) is 0 Å². The Bertz CT molecular complexity index is 713. The quantitative estimate of drug-likeness (QED) is 0.939. The van der Waals surface area contributed by atoms with Gasteiger partial charge < -0.3 is 4.52 Å². The van der Waals surface area contributed by atoms with Crippen LogP contribution in [0.2, 0.25) is 0 Å². The second kappa shape index (κ2) is 5.38. The standard InChI is InChI=1S/C14H18N2O3S/c1-9-5-6-10(2)14(7-9)20(17,18)15-8-13-11(3)16-19-12(13)4/h5-7,15H,8H2,1-4H3. The van der Waals surface area contributed by atoms with Gasteiger partial charge in [0.15, 0.2) is 0 Å². The van der Waals surface area contributed by atoms with E-state index in [0.29, 0.717) is 16.3 Å². The Morgan fingerprint density at radius 3 is 2.50 bits per heavy atom. The fraction of sp³-hybridized carbons (Fsp3) is 0.357. The lowest BCUT2D eigenvalue weighted by molar-refractivity contribution is 0.392. The van der Waals surface area contributed by atoms with E-state index in [1.54, 1.807) is 32.9 Å². The lowest BCUT2D eigenvalue weighted by Crippen LogP contribution is -2.24. The van der Waals surface area contributed by atoms with E-state index >= 15 is 0 Å². The van der Waals surface area contributed by atoms with E-state index in [9.17, 15) is 8.42 Å². The van der Waals surface area contributed by atoms with E-state index in [1.807, 2.05) is 13.0 Å². The first-order valence-corrected chi connectivity index (χ1v) is 7.78. The number of nitrogens with one attached hydrogen (secondary N) is 1. The minimum Gasteiger partial charge on any atom is -0.361 e. The van der Waals surface area contributed by atoms with Crippen LogP contribution in [-0.2, 0) is 16.6 Å². The predicted molar refractivity (Wildman–Crippen MR) is 75.9 cm³/mol. The molecule has 0 amide bonds. The van der Waals surface area contributed by atoms with E-state index < -0.39 is 10.0 Å². The van der Waals surface area contributed by atoms with Crippen LogP contribution in [0, 0.1) is 27.7 Å². The molecule has 0 saturated carbocycles. The van der Waals surface area contributed by atoms with Crippen LogP contribution in [0.15, 0.2) is 27.6 Å². The lowest BCUT2D eigenvalue weighted by Gasteiger charge is -2.10. The number of benzene rings is 1. The molecule has 6 heteroatoms. The van der Waals surface area contributed by atoms with Crippen LogP contribution in [0.5, 0.6) is 0 Å². The molecule has 2 aromatic rings. The summed E-state index contributed by atoms with van der Waals surface area (Å²) in [5, 5.41) is 3.81. The molecule has 5 nitrogen and oxygen atoms in total. The van der Waals surface area contributed by atoms with Crippen LogP contribution in [0.1, 0.15) is 28.1 Å². The van der Waals surface area contributed by atoms with Gasteiger partial charge in [-0.25, -0.2) is 13.1 Å². The van der Waals surface area contributed by atoms with Gasteiger partial charge in [0, 0.05) is 12.1 Å². The van der Waals surface area contributed by atoms with E-state index in [4.69, 9.17) is 4.52 Å². The smallest absolute Gasteiger partial charge is 0.241 e. The van der Waals surface area contributed by atoms with E-state index in [-0.39, 0.29) is 6.54 Å². The first-order valence-electron chi connectivity index (χ1n) is 6.30. The molecule has 0 saturated heterocycles. The van der Waals surface area contributed by atoms with Gasteiger partial charge in [-0.1, -0.05) is 17.3 Å². The zero-order chi connectivity index (χ0) is 14.9. The Labute approximate surface area is 119 Å². The normalized spacial score (nSPS) is 11.8. The Morgan fingerprint density at radius 1 is 1.20 bits per heavy atom. The lowest BCUT2D eigenvalue weighted by atomic mass is 10.2. The van der Waals surface area contributed by atoms with E-state index in [0.717, 1.165) is 16.7 Å². The maximum atomic E-state index is 12.4. The van der Waals surface area contributed by atoms with Crippen LogP contribution < -0.4 is 4.72 Å². The fourth-order valence-corrected chi connectivity index (χ4v) is 3.32. The molecule has 1 aromatic carbocycles. The summed E-state index contributed by atoms with van der Waals surface area (Å²) in [6.45, 7) is 7.38. The monoisotopic (exact) mass is 294 g/mol. The summed E-state index contributed by atoms with van der Waals surface area (Å²) in [6.07, 6.45) is 0. The molecule has 20 heavy (non-hydrogen) atoms. The zero-order valence-corrected chi connectivity index (χ0v) is 12.8. The molecular formula is C14H18N2O3S. The first kappa shape index (κ1) is 14.7. The topological polar surface area (TPSA) is 72.2 Å². The maximum absolute atomic E-state index is 12.4. The van der Waals surface area contributed by atoms with Gasteiger partial charge >= 0.3 is 0 Å². The third kappa shape index (κ3) is 2.91. The zero-order valence-electron chi connectivity index (χ0n) is 12.0. The highest BCUT2D eigenvalue weighted by atomic mass is 32.2. The SMILES string of the molecule is Cc1ccc(C)c(S(=O)(=O)NCc2c(C)noc2C)c1. The van der Waals surface area contributed by atoms with Crippen LogP contribution >= 0.6 is 0 Å². The van der Waals surface area contributed by atoms with Gasteiger partial charge in [0.25, 0.3) is 0 Å². The van der Waals surface area contributed by atoms with Crippen molar-refractivity contribution in [1.29, 1.82) is 0 Å². The number of hydrogen-bond donors (Lipinski definition) is 1. The average molecular weight is 294 g/mol. The Kier molecular flexibility index (Phi) is 3.96. The molecule has 0 atom stereocenters. The number of aromatic nitrogens is 1. The molecular weight excluding hydrogens is 276 g/mol. The van der Waals surface area contributed by atoms with Gasteiger partial charge in [0.05, 0.1) is 10.6 Å². The summed E-state index contributed by atoms with van der Waals surface area (Å²) in [5.74, 6) is 0.631. The molecule has 0 aliphatic heterocycles. The van der Waals surface area contributed by atoms with Gasteiger partial charge in [-0.05, 0) is 44.9 Å². The molecule has 1 aromatic heterocycles. The van der Waals surface area contributed by atoms with Crippen molar-refractivity contribution in [2.24, 2.45) is 0 Å². The van der Waals surface area contributed by atoms with Gasteiger partial charge in [0.2, 0.25) is 10.0 Å². The Hall–Kier alpha value is -1.66. The molecule has 1 heterocycles. The highest BCUT2D eigenvalue weighted by Crippen LogP contribution is 2.18. The van der Waals surface area contributed by atoms with Crippen LogP contribution in [0.4, 0.5) is 0 Å². The van der Waals surface area contributed by atoms with E-state index in [1.165, 1.54) is 0 Å². The molecule has 1 N–H and O–H groups in total. The van der Waals surface area contributed by atoms with Crippen molar-refractivity contribution in [3.8, 4) is 0 Å². The molecule has 0 spiro atoms. The van der Waals surface area contributed by atoms with Crippen molar-refractivity contribution < 1.29 is 12.9 Å². The summed E-state index contributed by atoms with van der Waals surface area (Å²) in [4.78, 5) is 0.310. The van der Waals surface area contributed by atoms with E-state index in [2.05, 4.69) is 9.88 Å². The minimum absolute atomic E-state index is 0.177. The molecule has 0 fully saturated rings. The van der Waals surface area contributed by atoms with Gasteiger partial charge in [-0.15, -0.1) is 0 Å². The molecule has 0 unspecified atom stereocenters. The van der Waals surface area contributed by atoms with Crippen LogP contribution in [0.25, 0.3) is 0 Å². The van der Waals surface area contributed by atoms with Crippen molar-refractivity contribution in [3.63, 3.8) is 0 Å². The van der Waals surface area contributed by atoms with Gasteiger partial charge in [0.1, 0.15) is 5.76 Å². The number of hydrogen-bond acceptors (Lipinski definition) is 4. The average Bonchev–Trinajstić information content (AvgIpc) is 2.69. The molecule has 0 aliphatic rings. The van der Waals surface area contributed by atoms with Crippen LogP contribution in [0.3, 0.4) is 0 Å². The summed E-state index contributed by atoms with van der Waals surface area (Å²) < 4.78 is 32.3. The van der Waals surface area contributed by atoms with Crippen molar-refractivity contribution in [2.45, 2.75) is 39.1 Å².